The maximum absolute atomic E-state index is 12.7. The zero-order valence-electron chi connectivity index (χ0n) is 14.3. The fourth-order valence-corrected chi connectivity index (χ4v) is 2.54. The molecule has 0 unspecified atom stereocenters. The SMILES string of the molecule is CNC(=O)C[C@@]1(O)COCCN(C(=O)c2ccc(N(C)C)nc2)C1. The number of hydrogen-bond acceptors (Lipinski definition) is 6. The van der Waals surface area contributed by atoms with Gasteiger partial charge in [0.25, 0.3) is 5.91 Å². The van der Waals surface area contributed by atoms with Gasteiger partial charge in [-0.05, 0) is 12.1 Å². The normalized spacial score (nSPS) is 21.1. The minimum absolute atomic E-state index is 0.0159. The van der Waals surface area contributed by atoms with E-state index in [0.717, 1.165) is 5.82 Å². The average molecular weight is 336 g/mol. The molecule has 24 heavy (non-hydrogen) atoms. The Morgan fingerprint density at radius 3 is 2.79 bits per heavy atom. The van der Waals surface area contributed by atoms with E-state index < -0.39 is 5.60 Å². The highest BCUT2D eigenvalue weighted by Crippen LogP contribution is 2.19. The van der Waals surface area contributed by atoms with Gasteiger partial charge in [0, 0.05) is 33.9 Å². The number of aliphatic hydroxyl groups is 1. The van der Waals surface area contributed by atoms with Crippen LogP contribution in [0.15, 0.2) is 18.3 Å². The molecule has 8 heteroatoms. The Morgan fingerprint density at radius 2 is 2.21 bits per heavy atom. The van der Waals surface area contributed by atoms with Crippen molar-refractivity contribution in [2.24, 2.45) is 0 Å². The van der Waals surface area contributed by atoms with Gasteiger partial charge in [-0.3, -0.25) is 9.59 Å². The van der Waals surface area contributed by atoms with Gasteiger partial charge in [0.1, 0.15) is 11.4 Å². The van der Waals surface area contributed by atoms with Crippen LogP contribution < -0.4 is 10.2 Å². The number of hydrogen-bond donors (Lipinski definition) is 2. The van der Waals surface area contributed by atoms with Crippen molar-refractivity contribution >= 4 is 17.6 Å². The van der Waals surface area contributed by atoms with Crippen LogP contribution in [0.3, 0.4) is 0 Å². The van der Waals surface area contributed by atoms with Gasteiger partial charge < -0.3 is 25.0 Å². The lowest BCUT2D eigenvalue weighted by molar-refractivity contribution is -0.128. The van der Waals surface area contributed by atoms with Crippen LogP contribution in [0.4, 0.5) is 5.82 Å². The molecule has 1 aromatic rings. The molecule has 2 N–H and O–H groups in total. The van der Waals surface area contributed by atoms with Crippen LogP contribution in [-0.2, 0) is 9.53 Å². The summed E-state index contributed by atoms with van der Waals surface area (Å²) in [5, 5.41) is 13.1. The molecule has 0 radical (unpaired) electrons. The van der Waals surface area contributed by atoms with Crippen LogP contribution in [-0.4, -0.2) is 79.9 Å². The van der Waals surface area contributed by atoms with E-state index in [-0.39, 0.29) is 31.4 Å². The summed E-state index contributed by atoms with van der Waals surface area (Å²) in [5.74, 6) is 0.211. The van der Waals surface area contributed by atoms with Crippen molar-refractivity contribution < 1.29 is 19.4 Å². The number of pyridine rings is 1. The lowest BCUT2D eigenvalue weighted by Gasteiger charge is -2.30. The Morgan fingerprint density at radius 1 is 1.46 bits per heavy atom. The first-order chi connectivity index (χ1) is 11.3. The van der Waals surface area contributed by atoms with Crippen LogP contribution in [0.2, 0.25) is 0 Å². The van der Waals surface area contributed by atoms with Crippen molar-refractivity contribution in [2.45, 2.75) is 12.0 Å². The van der Waals surface area contributed by atoms with E-state index in [1.807, 2.05) is 19.0 Å². The minimum atomic E-state index is -1.40. The Kier molecular flexibility index (Phi) is 5.74. The van der Waals surface area contributed by atoms with Crippen molar-refractivity contribution in [2.75, 3.05) is 52.3 Å². The topological polar surface area (TPSA) is 95.0 Å². The lowest BCUT2D eigenvalue weighted by atomic mass is 9.99. The number of carbonyl (C=O) groups is 2. The summed E-state index contributed by atoms with van der Waals surface area (Å²) >= 11 is 0. The number of β-amino-alcohol motifs (C(OH)–C–C–N with tert-alkyl or cyclic N) is 1. The van der Waals surface area contributed by atoms with Crippen molar-refractivity contribution in [1.82, 2.24) is 15.2 Å². The molecular formula is C16H24N4O4. The summed E-state index contributed by atoms with van der Waals surface area (Å²) in [5.41, 5.74) is -0.965. The second kappa shape index (κ2) is 7.59. The molecule has 0 saturated carbocycles. The molecular weight excluding hydrogens is 312 g/mol. The Hall–Kier alpha value is -2.19. The zero-order chi connectivity index (χ0) is 17.7. The third kappa shape index (κ3) is 4.42. The van der Waals surface area contributed by atoms with E-state index >= 15 is 0 Å². The molecule has 1 aliphatic rings. The number of anilines is 1. The van der Waals surface area contributed by atoms with Crippen LogP contribution in [0.5, 0.6) is 0 Å². The van der Waals surface area contributed by atoms with E-state index in [0.29, 0.717) is 18.7 Å². The zero-order valence-corrected chi connectivity index (χ0v) is 14.3. The molecule has 8 nitrogen and oxygen atoms in total. The largest absolute Gasteiger partial charge is 0.385 e. The van der Waals surface area contributed by atoms with Gasteiger partial charge in [-0.25, -0.2) is 4.98 Å². The molecule has 1 atom stereocenters. The second-order valence-electron chi connectivity index (χ2n) is 6.15. The highest BCUT2D eigenvalue weighted by molar-refractivity contribution is 5.94. The summed E-state index contributed by atoms with van der Waals surface area (Å²) in [6, 6.07) is 3.46. The molecule has 1 fully saturated rings. The van der Waals surface area contributed by atoms with Crippen molar-refractivity contribution in [3.05, 3.63) is 23.9 Å². The highest BCUT2D eigenvalue weighted by Gasteiger charge is 2.36. The number of amides is 2. The average Bonchev–Trinajstić information content (AvgIpc) is 2.75. The number of nitrogens with zero attached hydrogens (tertiary/aromatic N) is 3. The first-order valence-electron chi connectivity index (χ1n) is 7.78. The lowest BCUT2D eigenvalue weighted by Crippen LogP contribution is -2.49. The summed E-state index contributed by atoms with van der Waals surface area (Å²) < 4.78 is 5.38. The van der Waals surface area contributed by atoms with Gasteiger partial charge in [0.15, 0.2) is 0 Å². The maximum atomic E-state index is 12.7. The molecule has 0 aliphatic carbocycles. The quantitative estimate of drug-likeness (QED) is 0.769. The van der Waals surface area contributed by atoms with Gasteiger partial charge in [-0.2, -0.15) is 0 Å². The summed E-state index contributed by atoms with van der Waals surface area (Å²) in [6.45, 7) is 0.714. The Bertz CT molecular complexity index is 590. The smallest absolute Gasteiger partial charge is 0.255 e. The second-order valence-corrected chi connectivity index (χ2v) is 6.15. The van der Waals surface area contributed by atoms with Crippen LogP contribution in [0.25, 0.3) is 0 Å². The summed E-state index contributed by atoms with van der Waals surface area (Å²) in [6.07, 6.45) is 1.40. The first-order valence-corrected chi connectivity index (χ1v) is 7.78. The first kappa shape index (κ1) is 18.2. The number of rotatable bonds is 4. The third-order valence-corrected chi connectivity index (χ3v) is 3.87. The van der Waals surface area contributed by atoms with Gasteiger partial charge in [0.2, 0.25) is 5.91 Å². The van der Waals surface area contributed by atoms with E-state index in [9.17, 15) is 14.7 Å². The molecule has 2 rings (SSSR count). The molecule has 1 saturated heterocycles. The molecule has 0 aromatic carbocycles. The highest BCUT2D eigenvalue weighted by atomic mass is 16.5. The van der Waals surface area contributed by atoms with Gasteiger partial charge in [-0.1, -0.05) is 0 Å². The van der Waals surface area contributed by atoms with E-state index in [4.69, 9.17) is 4.74 Å². The number of carbonyl (C=O) groups excluding carboxylic acids is 2. The minimum Gasteiger partial charge on any atom is -0.385 e. The van der Waals surface area contributed by atoms with Gasteiger partial charge in [-0.15, -0.1) is 0 Å². The van der Waals surface area contributed by atoms with Crippen LogP contribution in [0, 0.1) is 0 Å². The standard InChI is InChI=1S/C16H24N4O4/c1-17-14(21)8-16(23)10-20(6-7-24-11-16)15(22)12-4-5-13(18-9-12)19(2)3/h4-5,9,23H,6-8,10-11H2,1-3H3,(H,17,21)/t16-/m0/s1. The van der Waals surface area contributed by atoms with Crippen LogP contribution >= 0.6 is 0 Å². The molecule has 2 heterocycles. The predicted octanol–water partition coefficient (Wildman–Crippen LogP) is -0.513. The number of aromatic nitrogens is 1. The fourth-order valence-electron chi connectivity index (χ4n) is 2.54. The van der Waals surface area contributed by atoms with E-state index in [1.165, 1.54) is 18.1 Å². The van der Waals surface area contributed by atoms with Crippen molar-refractivity contribution in [1.29, 1.82) is 0 Å². The third-order valence-electron chi connectivity index (χ3n) is 3.87. The number of nitrogens with one attached hydrogen (secondary N) is 1. The molecule has 1 aliphatic heterocycles. The fraction of sp³-hybridized carbons (Fsp3) is 0.562. The van der Waals surface area contributed by atoms with Crippen molar-refractivity contribution in [3.63, 3.8) is 0 Å². The van der Waals surface area contributed by atoms with Gasteiger partial charge in [0.05, 0.1) is 31.7 Å². The molecule has 0 bridgehead atoms. The van der Waals surface area contributed by atoms with E-state index in [1.54, 1.807) is 12.1 Å². The van der Waals surface area contributed by atoms with E-state index in [2.05, 4.69) is 10.3 Å². The molecule has 132 valence electrons. The Labute approximate surface area is 141 Å². The number of ether oxygens (including phenoxy) is 1. The maximum Gasteiger partial charge on any atom is 0.255 e. The summed E-state index contributed by atoms with van der Waals surface area (Å²) in [4.78, 5) is 31.9. The monoisotopic (exact) mass is 336 g/mol. The molecule has 2 amide bonds. The predicted molar refractivity (Wildman–Crippen MR) is 88.9 cm³/mol. The summed E-state index contributed by atoms with van der Waals surface area (Å²) in [7, 11) is 5.24. The van der Waals surface area contributed by atoms with Gasteiger partial charge >= 0.3 is 0 Å². The Balaban J connectivity index is 2.13. The van der Waals surface area contributed by atoms with Crippen LogP contribution in [0.1, 0.15) is 16.8 Å². The van der Waals surface area contributed by atoms with Crippen molar-refractivity contribution in [3.8, 4) is 0 Å². The molecule has 1 aromatic heterocycles. The molecule has 0 spiro atoms.